The molecule has 0 radical (unpaired) electrons. The Bertz CT molecular complexity index is 1170. The van der Waals surface area contributed by atoms with Crippen molar-refractivity contribution < 1.29 is 14.3 Å². The van der Waals surface area contributed by atoms with Gasteiger partial charge in [-0.2, -0.15) is 0 Å². The summed E-state index contributed by atoms with van der Waals surface area (Å²) in [6.45, 7) is 0.238. The quantitative estimate of drug-likeness (QED) is 0.366. The molecule has 2 aromatic carbocycles. The molecule has 6 nitrogen and oxygen atoms in total. The number of nitrogens with zero attached hydrogens (tertiary/aromatic N) is 3. The Balaban J connectivity index is 1.59. The number of benzene rings is 2. The average molecular weight is 484 g/mol. The molecule has 0 N–H and O–H groups in total. The highest BCUT2D eigenvalue weighted by Gasteiger charge is 2.21. The van der Waals surface area contributed by atoms with Crippen LogP contribution in [0.3, 0.4) is 0 Å². The zero-order valence-corrected chi connectivity index (χ0v) is 18.5. The van der Waals surface area contributed by atoms with Crippen molar-refractivity contribution >= 4 is 48.5 Å². The molecule has 1 amide bonds. The van der Waals surface area contributed by atoms with Crippen molar-refractivity contribution in [3.8, 4) is 11.5 Å². The van der Waals surface area contributed by atoms with Crippen molar-refractivity contribution in [2.24, 2.45) is 0 Å². The van der Waals surface area contributed by atoms with Crippen molar-refractivity contribution in [2.75, 3.05) is 18.6 Å². The summed E-state index contributed by atoms with van der Waals surface area (Å²) in [6.07, 6.45) is 3.45. The Morgan fingerprint density at radius 2 is 2.00 bits per heavy atom. The van der Waals surface area contributed by atoms with Gasteiger partial charge in [-0.1, -0.05) is 39.4 Å². The van der Waals surface area contributed by atoms with Crippen molar-refractivity contribution in [1.29, 1.82) is 0 Å². The van der Waals surface area contributed by atoms with Crippen LogP contribution < -0.4 is 14.4 Å². The first kappa shape index (κ1) is 20.3. The van der Waals surface area contributed by atoms with Crippen LogP contribution in [0.4, 0.5) is 5.13 Å². The highest BCUT2D eigenvalue weighted by Crippen LogP contribution is 2.32. The molecule has 4 aromatic rings. The minimum absolute atomic E-state index is 0.118. The Morgan fingerprint density at radius 3 is 2.80 bits per heavy atom. The Kier molecular flexibility index (Phi) is 6.25. The number of pyridine rings is 1. The average Bonchev–Trinajstić information content (AvgIpc) is 3.19. The maximum absolute atomic E-state index is 13.1. The Labute approximate surface area is 186 Å². The largest absolute Gasteiger partial charge is 0.497 e. The standard InChI is InChI=1S/C22H18BrN3O3S/c1-28-17-5-2-6-18(11-17)29-14-21(27)26(13-15-4-3-9-24-12-15)22-25-19-8-7-16(23)10-20(19)30-22/h2-12H,13-14H2,1H3. The van der Waals surface area contributed by atoms with Gasteiger partial charge in [-0.15, -0.1) is 0 Å². The molecule has 0 saturated heterocycles. The van der Waals surface area contributed by atoms with E-state index in [4.69, 9.17) is 9.47 Å². The number of aromatic nitrogens is 2. The minimum atomic E-state index is -0.195. The van der Waals surface area contributed by atoms with Crippen molar-refractivity contribution in [2.45, 2.75) is 6.54 Å². The van der Waals surface area contributed by atoms with Crippen LogP contribution in [0.1, 0.15) is 5.56 Å². The van der Waals surface area contributed by atoms with E-state index >= 15 is 0 Å². The van der Waals surface area contributed by atoms with Crippen LogP contribution in [0.5, 0.6) is 11.5 Å². The number of rotatable bonds is 7. The number of amides is 1. The molecular formula is C22H18BrN3O3S. The lowest BCUT2D eigenvalue weighted by Gasteiger charge is -2.20. The lowest BCUT2D eigenvalue weighted by atomic mass is 10.2. The van der Waals surface area contributed by atoms with Crippen LogP contribution in [-0.2, 0) is 11.3 Å². The van der Waals surface area contributed by atoms with Crippen LogP contribution in [0, 0.1) is 0 Å². The zero-order chi connectivity index (χ0) is 20.9. The topological polar surface area (TPSA) is 64.6 Å². The highest BCUT2D eigenvalue weighted by atomic mass is 79.9. The molecule has 0 bridgehead atoms. The number of fused-ring (bicyclic) bond motifs is 1. The summed E-state index contributed by atoms with van der Waals surface area (Å²) in [5, 5.41) is 0.617. The first-order valence-corrected chi connectivity index (χ1v) is 10.8. The van der Waals surface area contributed by atoms with Crippen LogP contribution in [0.25, 0.3) is 10.2 Å². The lowest BCUT2D eigenvalue weighted by molar-refractivity contribution is -0.120. The summed E-state index contributed by atoms with van der Waals surface area (Å²) in [5.74, 6) is 1.04. The van der Waals surface area contributed by atoms with Crippen LogP contribution >= 0.6 is 27.3 Å². The molecule has 0 atom stereocenters. The van der Waals surface area contributed by atoms with Gasteiger partial charge < -0.3 is 9.47 Å². The third kappa shape index (κ3) is 4.77. The van der Waals surface area contributed by atoms with Gasteiger partial charge in [0.25, 0.3) is 5.91 Å². The van der Waals surface area contributed by atoms with E-state index in [1.54, 1.807) is 36.5 Å². The predicted octanol–water partition coefficient (Wildman–Crippen LogP) is 5.07. The van der Waals surface area contributed by atoms with Gasteiger partial charge in [0.05, 0.1) is 23.9 Å². The summed E-state index contributed by atoms with van der Waals surface area (Å²) in [7, 11) is 1.59. The van der Waals surface area contributed by atoms with Crippen LogP contribution in [-0.4, -0.2) is 29.6 Å². The number of carbonyl (C=O) groups excluding carboxylic acids is 1. The minimum Gasteiger partial charge on any atom is -0.497 e. The predicted molar refractivity (Wildman–Crippen MR) is 121 cm³/mol. The van der Waals surface area contributed by atoms with E-state index < -0.39 is 0 Å². The molecule has 2 aromatic heterocycles. The fourth-order valence-electron chi connectivity index (χ4n) is 2.85. The molecule has 8 heteroatoms. The number of anilines is 1. The van der Waals surface area contributed by atoms with E-state index in [0.29, 0.717) is 23.2 Å². The molecule has 0 aliphatic rings. The normalized spacial score (nSPS) is 10.7. The Hall–Kier alpha value is -2.97. The van der Waals surface area contributed by atoms with E-state index in [2.05, 4.69) is 25.9 Å². The van der Waals surface area contributed by atoms with Crippen LogP contribution in [0.15, 0.2) is 71.5 Å². The van der Waals surface area contributed by atoms with Gasteiger partial charge in [-0.3, -0.25) is 14.7 Å². The van der Waals surface area contributed by atoms with E-state index in [-0.39, 0.29) is 12.5 Å². The zero-order valence-electron chi connectivity index (χ0n) is 16.1. The number of hydrogen-bond acceptors (Lipinski definition) is 6. The van der Waals surface area contributed by atoms with E-state index in [0.717, 1.165) is 20.3 Å². The van der Waals surface area contributed by atoms with Crippen molar-refractivity contribution in [3.05, 3.63) is 77.0 Å². The number of methoxy groups -OCH3 is 1. The van der Waals surface area contributed by atoms with Crippen LogP contribution in [0.2, 0.25) is 0 Å². The van der Waals surface area contributed by atoms with Gasteiger partial charge in [0.1, 0.15) is 11.5 Å². The van der Waals surface area contributed by atoms with Gasteiger partial charge in [0, 0.05) is 22.9 Å². The van der Waals surface area contributed by atoms with Gasteiger partial charge in [-0.05, 0) is 42.0 Å². The lowest BCUT2D eigenvalue weighted by Crippen LogP contribution is -2.34. The highest BCUT2D eigenvalue weighted by molar-refractivity contribution is 9.10. The monoisotopic (exact) mass is 483 g/mol. The second-order valence-electron chi connectivity index (χ2n) is 6.42. The molecule has 4 rings (SSSR count). The fraction of sp³-hybridized carbons (Fsp3) is 0.136. The molecule has 152 valence electrons. The van der Waals surface area contributed by atoms with Crippen molar-refractivity contribution in [1.82, 2.24) is 9.97 Å². The third-order valence-corrected chi connectivity index (χ3v) is 5.87. The van der Waals surface area contributed by atoms with Crippen molar-refractivity contribution in [3.63, 3.8) is 0 Å². The van der Waals surface area contributed by atoms with Gasteiger partial charge in [0.15, 0.2) is 11.7 Å². The molecule has 2 heterocycles. The number of ether oxygens (including phenoxy) is 2. The van der Waals surface area contributed by atoms with Gasteiger partial charge >= 0.3 is 0 Å². The number of thiazole rings is 1. The SMILES string of the molecule is COc1cccc(OCC(=O)N(Cc2cccnc2)c2nc3ccc(Br)cc3s2)c1. The summed E-state index contributed by atoms with van der Waals surface area (Å²) in [5.41, 5.74) is 1.75. The molecule has 0 aliphatic heterocycles. The van der Waals surface area contributed by atoms with E-state index in [1.807, 2.05) is 42.5 Å². The molecule has 0 saturated carbocycles. The maximum Gasteiger partial charge on any atom is 0.267 e. The molecular weight excluding hydrogens is 466 g/mol. The molecule has 0 fully saturated rings. The van der Waals surface area contributed by atoms with Gasteiger partial charge in [0.2, 0.25) is 0 Å². The Morgan fingerprint density at radius 1 is 1.13 bits per heavy atom. The number of halogens is 1. The second-order valence-corrected chi connectivity index (χ2v) is 8.34. The molecule has 30 heavy (non-hydrogen) atoms. The number of hydrogen-bond donors (Lipinski definition) is 0. The number of carbonyl (C=O) groups is 1. The smallest absolute Gasteiger partial charge is 0.267 e. The maximum atomic E-state index is 13.1. The summed E-state index contributed by atoms with van der Waals surface area (Å²) < 4.78 is 12.9. The first-order valence-electron chi connectivity index (χ1n) is 9.14. The molecule has 0 unspecified atom stereocenters. The third-order valence-electron chi connectivity index (χ3n) is 4.34. The first-order chi connectivity index (χ1) is 14.6. The molecule has 0 spiro atoms. The summed E-state index contributed by atoms with van der Waals surface area (Å²) in [6, 6.07) is 16.8. The second kappa shape index (κ2) is 9.23. The van der Waals surface area contributed by atoms with E-state index in [9.17, 15) is 4.79 Å². The fourth-order valence-corrected chi connectivity index (χ4v) is 4.39. The molecule has 0 aliphatic carbocycles. The summed E-state index contributed by atoms with van der Waals surface area (Å²) >= 11 is 4.95. The van der Waals surface area contributed by atoms with E-state index in [1.165, 1.54) is 11.3 Å². The van der Waals surface area contributed by atoms with Gasteiger partial charge in [-0.25, -0.2) is 4.98 Å². The summed E-state index contributed by atoms with van der Waals surface area (Å²) in [4.78, 5) is 23.6.